The second-order valence-corrected chi connectivity index (χ2v) is 7.34. The molecule has 9 heteroatoms. The van der Waals surface area contributed by atoms with Crippen LogP contribution in [-0.4, -0.2) is 24.7 Å². The highest BCUT2D eigenvalue weighted by molar-refractivity contribution is 6.31. The predicted octanol–water partition coefficient (Wildman–Crippen LogP) is 4.98. The van der Waals surface area contributed by atoms with Gasteiger partial charge in [0.1, 0.15) is 17.7 Å². The third-order valence-electron chi connectivity index (χ3n) is 5.34. The quantitative estimate of drug-likeness (QED) is 0.330. The topological polar surface area (TPSA) is 81.5 Å². The molecule has 1 fully saturated rings. The normalized spacial score (nSPS) is 20.2. The molecule has 2 atom stereocenters. The van der Waals surface area contributed by atoms with Crippen molar-refractivity contribution in [3.05, 3.63) is 62.7 Å². The van der Waals surface area contributed by atoms with Gasteiger partial charge in [-0.2, -0.15) is 0 Å². The zero-order chi connectivity index (χ0) is 21.0. The first-order valence-electron chi connectivity index (χ1n) is 8.95. The van der Waals surface area contributed by atoms with E-state index in [0.717, 1.165) is 6.29 Å². The van der Waals surface area contributed by atoms with E-state index in [-0.39, 0.29) is 36.0 Å². The molecule has 0 aromatic heterocycles. The van der Waals surface area contributed by atoms with Gasteiger partial charge in [-0.25, -0.2) is 4.39 Å². The number of nitrogens with zero attached hydrogens (tertiary/aromatic N) is 1. The summed E-state index contributed by atoms with van der Waals surface area (Å²) in [5.41, 5.74) is 0.261. The Kier molecular flexibility index (Phi) is 6.32. The molecule has 2 aromatic carbocycles. The third kappa shape index (κ3) is 4.17. The molecule has 0 spiro atoms. The summed E-state index contributed by atoms with van der Waals surface area (Å²) < 4.78 is 32.0. The summed E-state index contributed by atoms with van der Waals surface area (Å²) in [6, 6.07) is 9.01. The first-order valence-corrected chi connectivity index (χ1v) is 9.33. The van der Waals surface area contributed by atoms with Crippen molar-refractivity contribution >= 4 is 29.3 Å². The summed E-state index contributed by atoms with van der Waals surface area (Å²) in [7, 11) is 0. The monoisotopic (exact) mass is 424 g/mol. The molecule has 0 heterocycles. The summed E-state index contributed by atoms with van der Waals surface area (Å²) in [6.07, 6.45) is 1.48. The Balaban J connectivity index is 1.98. The number of nitro groups is 1. The minimum Gasteiger partial charge on any atom is -0.463 e. The molecule has 1 aliphatic carbocycles. The van der Waals surface area contributed by atoms with E-state index in [1.54, 1.807) is 18.2 Å². The van der Waals surface area contributed by atoms with E-state index >= 15 is 0 Å². The molecule has 1 aliphatic rings. The Morgan fingerprint density at radius 3 is 2.79 bits per heavy atom. The Morgan fingerprint density at radius 2 is 2.14 bits per heavy atom. The number of anilines is 1. The van der Waals surface area contributed by atoms with Crippen molar-refractivity contribution in [3.8, 4) is 5.75 Å². The molecule has 154 valence electrons. The van der Waals surface area contributed by atoms with E-state index in [4.69, 9.17) is 16.3 Å². The van der Waals surface area contributed by atoms with E-state index < -0.39 is 23.9 Å². The minimum absolute atomic E-state index is 0.0300. The number of nitro benzene ring substituents is 1. The fourth-order valence-electron chi connectivity index (χ4n) is 3.77. The van der Waals surface area contributed by atoms with Crippen LogP contribution in [0, 0.1) is 16.0 Å². The highest BCUT2D eigenvalue weighted by Crippen LogP contribution is 2.57. The molecule has 29 heavy (non-hydrogen) atoms. The van der Waals surface area contributed by atoms with E-state index in [1.807, 2.05) is 0 Å². The number of alkyl halides is 2. The maximum Gasteiger partial charge on any atom is 0.292 e. The number of benzene rings is 2. The lowest BCUT2D eigenvalue weighted by Gasteiger charge is -2.21. The zero-order valence-electron chi connectivity index (χ0n) is 15.4. The van der Waals surface area contributed by atoms with Gasteiger partial charge in [0.05, 0.1) is 11.6 Å². The van der Waals surface area contributed by atoms with E-state index in [1.165, 1.54) is 18.2 Å². The lowest BCUT2D eigenvalue weighted by molar-refractivity contribution is -0.384. The Hall–Kier alpha value is -2.74. The number of carbonyl (C=O) groups excluding carboxylic acids is 1. The first kappa shape index (κ1) is 21.0. The van der Waals surface area contributed by atoms with Gasteiger partial charge in [0.2, 0.25) is 6.86 Å². The molecule has 0 saturated heterocycles. The number of halogens is 3. The number of ether oxygens (including phenoxy) is 1. The zero-order valence-corrected chi connectivity index (χ0v) is 16.1. The largest absolute Gasteiger partial charge is 0.463 e. The highest BCUT2D eigenvalue weighted by atomic mass is 35.5. The van der Waals surface area contributed by atoms with Gasteiger partial charge >= 0.3 is 0 Å². The number of rotatable bonds is 10. The van der Waals surface area contributed by atoms with Gasteiger partial charge < -0.3 is 14.8 Å². The Labute approximate surface area is 171 Å². The van der Waals surface area contributed by atoms with Crippen LogP contribution in [0.5, 0.6) is 5.75 Å². The Bertz CT molecular complexity index is 927. The van der Waals surface area contributed by atoms with Gasteiger partial charge in [-0.05, 0) is 36.1 Å². The molecule has 3 rings (SSSR count). The summed E-state index contributed by atoms with van der Waals surface area (Å²) in [5.74, 6) is 0.0663. The second-order valence-electron chi connectivity index (χ2n) is 6.90. The fraction of sp³-hybridized carbons (Fsp3) is 0.350. The maximum absolute atomic E-state index is 14.0. The molecule has 1 saturated carbocycles. The summed E-state index contributed by atoms with van der Waals surface area (Å²) in [4.78, 5) is 21.6. The van der Waals surface area contributed by atoms with Gasteiger partial charge in [0, 0.05) is 35.0 Å². The lowest BCUT2D eigenvalue weighted by atomic mass is 9.89. The van der Waals surface area contributed by atoms with Crippen LogP contribution in [0.1, 0.15) is 24.0 Å². The summed E-state index contributed by atoms with van der Waals surface area (Å²) >= 11 is 5.95. The van der Waals surface area contributed by atoms with Crippen molar-refractivity contribution in [2.24, 2.45) is 5.92 Å². The van der Waals surface area contributed by atoms with Crippen molar-refractivity contribution in [3.63, 3.8) is 0 Å². The molecule has 0 amide bonds. The van der Waals surface area contributed by atoms with Crippen LogP contribution in [0.25, 0.3) is 0 Å². The molecule has 0 radical (unpaired) electrons. The molecule has 2 aromatic rings. The minimum atomic E-state index is -1.08. The highest BCUT2D eigenvalue weighted by Gasteiger charge is 2.56. The number of hydrogen-bond donors (Lipinski definition) is 1. The SMILES string of the molecule is O=CC[C@@H]1C[C@@]1(CF)c1cccc(OCF)c1CNc1cc(Cl)ccc1[N+](=O)[O-]. The van der Waals surface area contributed by atoms with Gasteiger partial charge in [-0.3, -0.25) is 14.5 Å². The second kappa shape index (κ2) is 8.73. The fourth-order valence-corrected chi connectivity index (χ4v) is 3.94. The van der Waals surface area contributed by atoms with E-state index in [2.05, 4.69) is 5.32 Å². The smallest absolute Gasteiger partial charge is 0.292 e. The van der Waals surface area contributed by atoms with Gasteiger partial charge in [0.25, 0.3) is 5.69 Å². The maximum atomic E-state index is 14.0. The molecule has 0 bridgehead atoms. The lowest BCUT2D eigenvalue weighted by Crippen LogP contribution is -2.18. The molecule has 0 unspecified atom stereocenters. The van der Waals surface area contributed by atoms with Gasteiger partial charge in [0.15, 0.2) is 0 Å². The summed E-state index contributed by atoms with van der Waals surface area (Å²) in [5, 5.41) is 14.5. The van der Waals surface area contributed by atoms with E-state index in [9.17, 15) is 23.7 Å². The Morgan fingerprint density at radius 1 is 1.34 bits per heavy atom. The molecule has 6 nitrogen and oxygen atoms in total. The molecular formula is C20H19ClF2N2O4. The van der Waals surface area contributed by atoms with Crippen molar-refractivity contribution in [2.75, 3.05) is 18.9 Å². The van der Waals surface area contributed by atoms with Gasteiger partial charge in [-0.15, -0.1) is 0 Å². The van der Waals surface area contributed by atoms with Crippen molar-refractivity contribution in [1.29, 1.82) is 0 Å². The summed E-state index contributed by atoms with van der Waals surface area (Å²) in [6.45, 7) is -1.72. The van der Waals surface area contributed by atoms with Gasteiger partial charge in [-0.1, -0.05) is 23.7 Å². The average Bonchev–Trinajstić information content (AvgIpc) is 3.41. The first-order chi connectivity index (χ1) is 14.0. The van der Waals surface area contributed by atoms with Crippen LogP contribution >= 0.6 is 11.6 Å². The third-order valence-corrected chi connectivity index (χ3v) is 5.58. The van der Waals surface area contributed by atoms with Crippen molar-refractivity contribution < 1.29 is 23.2 Å². The van der Waals surface area contributed by atoms with Crippen LogP contribution in [0.15, 0.2) is 36.4 Å². The van der Waals surface area contributed by atoms with Crippen molar-refractivity contribution in [2.45, 2.75) is 24.8 Å². The number of carbonyl (C=O) groups is 1. The van der Waals surface area contributed by atoms with Crippen LogP contribution in [0.2, 0.25) is 5.02 Å². The molecular weight excluding hydrogens is 406 g/mol. The number of aldehydes is 1. The molecule has 1 N–H and O–H groups in total. The van der Waals surface area contributed by atoms with Crippen molar-refractivity contribution in [1.82, 2.24) is 0 Å². The standard InChI is InChI=1S/C20H19ClF2N2O4/c21-14-4-5-18(25(27)28)17(8-14)24-10-15-16(2-1-3-19(15)29-12-23)20(11-22)9-13(20)6-7-26/h1-5,7-8,13,24H,6,9-12H2/t13-,20+/m1/s1. The number of hydrogen-bond acceptors (Lipinski definition) is 5. The van der Waals surface area contributed by atoms with Crippen LogP contribution in [0.3, 0.4) is 0 Å². The van der Waals surface area contributed by atoms with Crippen LogP contribution < -0.4 is 10.1 Å². The van der Waals surface area contributed by atoms with Crippen LogP contribution in [0.4, 0.5) is 20.2 Å². The molecule has 0 aliphatic heterocycles. The van der Waals surface area contributed by atoms with Crippen LogP contribution in [-0.2, 0) is 16.8 Å². The number of nitrogens with one attached hydrogen (secondary N) is 1. The predicted molar refractivity (Wildman–Crippen MR) is 105 cm³/mol. The average molecular weight is 425 g/mol. The van der Waals surface area contributed by atoms with E-state index in [0.29, 0.717) is 22.6 Å².